The summed E-state index contributed by atoms with van der Waals surface area (Å²) in [5.41, 5.74) is 12.4. The van der Waals surface area contributed by atoms with E-state index in [-0.39, 0.29) is 5.84 Å². The fraction of sp³-hybridized carbons (Fsp3) is 0.154. The standard InChI is InChI=1S/C39H36N4O2/c1-2-3-4-13-26-43-36(30-17-9-6-10-18-30)35(29-15-7-5-8-16-29)41-38(43)31-21-23-32(24-22-31)39(44)45-42-37(40)34-25-20-28-14-11-12-19-33(28)27-34/h5-12,14-25,27H,2-4,13,26H2,1H3,(H2,40,42). The summed E-state index contributed by atoms with van der Waals surface area (Å²) in [6.07, 6.45) is 4.57. The second-order valence-corrected chi connectivity index (χ2v) is 11.1. The molecule has 6 aromatic rings. The zero-order valence-corrected chi connectivity index (χ0v) is 25.4. The number of hydrogen-bond acceptors (Lipinski definition) is 4. The number of aromatic nitrogens is 2. The van der Waals surface area contributed by atoms with Gasteiger partial charge in [0.05, 0.1) is 17.0 Å². The van der Waals surface area contributed by atoms with E-state index in [2.05, 4.69) is 53.0 Å². The van der Waals surface area contributed by atoms with Crippen LogP contribution in [0.5, 0.6) is 0 Å². The summed E-state index contributed by atoms with van der Waals surface area (Å²) in [6.45, 7) is 3.06. The molecule has 45 heavy (non-hydrogen) atoms. The number of carbonyl (C=O) groups excluding carboxylic acids is 1. The van der Waals surface area contributed by atoms with Crippen LogP contribution in [-0.4, -0.2) is 21.4 Å². The van der Waals surface area contributed by atoms with Gasteiger partial charge in [0.1, 0.15) is 5.82 Å². The van der Waals surface area contributed by atoms with Gasteiger partial charge < -0.3 is 15.1 Å². The van der Waals surface area contributed by atoms with Gasteiger partial charge in [0.25, 0.3) is 0 Å². The summed E-state index contributed by atoms with van der Waals surface area (Å²) in [4.78, 5) is 23.4. The van der Waals surface area contributed by atoms with Gasteiger partial charge >= 0.3 is 5.97 Å². The minimum atomic E-state index is -0.580. The van der Waals surface area contributed by atoms with Gasteiger partial charge in [-0.3, -0.25) is 0 Å². The quantitative estimate of drug-likeness (QED) is 0.0535. The van der Waals surface area contributed by atoms with E-state index in [0.29, 0.717) is 11.1 Å². The number of fused-ring (bicyclic) bond motifs is 1. The lowest BCUT2D eigenvalue weighted by atomic mass is 10.0. The van der Waals surface area contributed by atoms with Gasteiger partial charge in [0.15, 0.2) is 5.84 Å². The predicted molar refractivity (Wildman–Crippen MR) is 183 cm³/mol. The van der Waals surface area contributed by atoms with Crippen molar-refractivity contribution in [3.8, 4) is 33.9 Å². The lowest BCUT2D eigenvalue weighted by Crippen LogP contribution is -2.15. The van der Waals surface area contributed by atoms with Gasteiger partial charge in [0, 0.05) is 28.8 Å². The van der Waals surface area contributed by atoms with Gasteiger partial charge in [-0.05, 0) is 35.4 Å². The molecule has 2 N–H and O–H groups in total. The Morgan fingerprint density at radius 2 is 1.36 bits per heavy atom. The third-order valence-electron chi connectivity index (χ3n) is 7.95. The van der Waals surface area contributed by atoms with Crippen molar-refractivity contribution in [3.05, 3.63) is 139 Å². The fourth-order valence-corrected chi connectivity index (χ4v) is 5.57. The van der Waals surface area contributed by atoms with Gasteiger partial charge in [0.2, 0.25) is 0 Å². The Bertz CT molecular complexity index is 1930. The highest BCUT2D eigenvalue weighted by atomic mass is 16.7. The van der Waals surface area contributed by atoms with E-state index in [4.69, 9.17) is 15.6 Å². The molecule has 0 fully saturated rings. The van der Waals surface area contributed by atoms with Gasteiger partial charge in [-0.15, -0.1) is 0 Å². The first kappa shape index (κ1) is 29.6. The molecule has 0 unspecified atom stereocenters. The molecule has 0 atom stereocenters. The number of imidazole rings is 1. The molecule has 0 aliphatic carbocycles. The molecule has 224 valence electrons. The van der Waals surface area contributed by atoms with Gasteiger partial charge in [-0.2, -0.15) is 0 Å². The van der Waals surface area contributed by atoms with Crippen LogP contribution in [0.3, 0.4) is 0 Å². The van der Waals surface area contributed by atoms with E-state index in [1.165, 1.54) is 12.8 Å². The van der Waals surface area contributed by atoms with Crippen molar-refractivity contribution in [1.82, 2.24) is 9.55 Å². The molecule has 0 spiro atoms. The summed E-state index contributed by atoms with van der Waals surface area (Å²) >= 11 is 0. The second kappa shape index (κ2) is 13.9. The molecule has 0 aliphatic heterocycles. The predicted octanol–water partition coefficient (Wildman–Crippen LogP) is 9.09. The first-order valence-corrected chi connectivity index (χ1v) is 15.5. The Balaban J connectivity index is 1.30. The number of nitrogens with two attached hydrogens (primary N) is 1. The maximum atomic E-state index is 12.9. The molecule has 1 aromatic heterocycles. The van der Waals surface area contributed by atoms with Crippen LogP contribution in [0.25, 0.3) is 44.7 Å². The molecule has 5 aromatic carbocycles. The molecule has 1 heterocycles. The highest BCUT2D eigenvalue weighted by molar-refractivity contribution is 6.01. The zero-order chi connectivity index (χ0) is 31.0. The number of amidine groups is 1. The SMILES string of the molecule is CCCCCCn1c(-c2ccc(C(=O)O/N=C(\N)c3ccc4ccccc4c3)cc2)nc(-c2ccccc2)c1-c1ccccc1. The Labute approximate surface area is 263 Å². The van der Waals surface area contributed by atoms with Gasteiger partial charge in [-0.1, -0.05) is 141 Å². The number of hydrogen-bond donors (Lipinski definition) is 1. The molecule has 6 heteroatoms. The monoisotopic (exact) mass is 592 g/mol. The fourth-order valence-electron chi connectivity index (χ4n) is 5.57. The average Bonchev–Trinajstić information content (AvgIpc) is 3.49. The third kappa shape index (κ3) is 6.70. The lowest BCUT2D eigenvalue weighted by Gasteiger charge is -2.14. The van der Waals surface area contributed by atoms with Crippen molar-refractivity contribution < 1.29 is 9.63 Å². The molecular formula is C39H36N4O2. The summed E-state index contributed by atoms with van der Waals surface area (Å²) < 4.78 is 2.33. The number of oxime groups is 1. The average molecular weight is 593 g/mol. The van der Waals surface area contributed by atoms with Crippen LogP contribution in [0.4, 0.5) is 0 Å². The first-order chi connectivity index (χ1) is 22.1. The van der Waals surface area contributed by atoms with Crippen molar-refractivity contribution in [2.24, 2.45) is 10.9 Å². The Hall–Kier alpha value is -5.49. The van der Waals surface area contributed by atoms with Crippen molar-refractivity contribution in [1.29, 1.82) is 0 Å². The summed E-state index contributed by atoms with van der Waals surface area (Å²) in [7, 11) is 0. The number of nitrogens with zero attached hydrogens (tertiary/aromatic N) is 3. The topological polar surface area (TPSA) is 82.5 Å². The van der Waals surface area contributed by atoms with E-state index in [1.54, 1.807) is 12.1 Å². The van der Waals surface area contributed by atoms with Crippen LogP contribution in [0, 0.1) is 0 Å². The van der Waals surface area contributed by atoms with Crippen LogP contribution < -0.4 is 5.73 Å². The Morgan fingerprint density at radius 3 is 2.07 bits per heavy atom. The van der Waals surface area contributed by atoms with Crippen molar-refractivity contribution in [3.63, 3.8) is 0 Å². The van der Waals surface area contributed by atoms with Crippen LogP contribution in [0.15, 0.2) is 133 Å². The molecule has 6 nitrogen and oxygen atoms in total. The van der Waals surface area contributed by atoms with Crippen molar-refractivity contribution >= 4 is 22.6 Å². The largest absolute Gasteiger partial charge is 0.380 e. The summed E-state index contributed by atoms with van der Waals surface area (Å²) in [5, 5.41) is 6.06. The molecule has 0 radical (unpaired) electrons. The minimum absolute atomic E-state index is 0.137. The zero-order valence-electron chi connectivity index (χ0n) is 25.4. The van der Waals surface area contributed by atoms with Crippen molar-refractivity contribution in [2.45, 2.75) is 39.2 Å². The number of carbonyl (C=O) groups is 1. The minimum Gasteiger partial charge on any atom is -0.380 e. The molecule has 0 aliphatic rings. The van der Waals surface area contributed by atoms with E-state index in [0.717, 1.165) is 64.1 Å². The van der Waals surface area contributed by atoms with E-state index in [1.807, 2.05) is 78.9 Å². The van der Waals surface area contributed by atoms with Crippen LogP contribution >= 0.6 is 0 Å². The molecular weight excluding hydrogens is 556 g/mol. The molecule has 6 rings (SSSR count). The third-order valence-corrected chi connectivity index (χ3v) is 7.95. The van der Waals surface area contributed by atoms with Crippen molar-refractivity contribution in [2.75, 3.05) is 0 Å². The lowest BCUT2D eigenvalue weighted by molar-refractivity contribution is 0.0516. The maximum absolute atomic E-state index is 12.9. The molecule has 0 saturated heterocycles. The normalized spacial score (nSPS) is 11.5. The van der Waals surface area contributed by atoms with E-state index >= 15 is 0 Å². The highest BCUT2D eigenvalue weighted by Gasteiger charge is 2.21. The molecule has 0 bridgehead atoms. The van der Waals surface area contributed by atoms with Crippen LogP contribution in [0.2, 0.25) is 0 Å². The first-order valence-electron chi connectivity index (χ1n) is 15.5. The smallest absolute Gasteiger partial charge is 0.365 e. The molecule has 0 saturated carbocycles. The number of benzene rings is 5. The Morgan fingerprint density at radius 1 is 0.711 bits per heavy atom. The summed E-state index contributed by atoms with van der Waals surface area (Å²) in [6, 6.07) is 41.8. The van der Waals surface area contributed by atoms with E-state index in [9.17, 15) is 4.79 Å². The van der Waals surface area contributed by atoms with Crippen LogP contribution in [-0.2, 0) is 11.4 Å². The second-order valence-electron chi connectivity index (χ2n) is 11.1. The summed E-state index contributed by atoms with van der Waals surface area (Å²) in [5.74, 6) is 0.420. The molecule has 0 amide bonds. The van der Waals surface area contributed by atoms with E-state index < -0.39 is 5.97 Å². The highest BCUT2D eigenvalue weighted by Crippen LogP contribution is 2.36. The van der Waals surface area contributed by atoms with Crippen LogP contribution in [0.1, 0.15) is 48.5 Å². The number of rotatable bonds is 11. The Kier molecular flexibility index (Phi) is 9.11. The van der Waals surface area contributed by atoms with Gasteiger partial charge in [-0.25, -0.2) is 9.78 Å². The number of unbranched alkanes of at least 4 members (excludes halogenated alkanes) is 3. The maximum Gasteiger partial charge on any atom is 0.365 e.